The molecule has 0 bridgehead atoms. The Morgan fingerprint density at radius 1 is 0.971 bits per heavy atom. The van der Waals surface area contributed by atoms with Crippen molar-refractivity contribution in [3.63, 3.8) is 0 Å². The van der Waals surface area contributed by atoms with Gasteiger partial charge in [0.05, 0.1) is 5.92 Å². The second-order valence-electron chi connectivity index (χ2n) is 8.63. The van der Waals surface area contributed by atoms with E-state index in [2.05, 4.69) is 22.8 Å². The lowest BCUT2D eigenvalue weighted by Gasteiger charge is -2.33. The van der Waals surface area contributed by atoms with E-state index in [4.69, 9.17) is 9.84 Å². The van der Waals surface area contributed by atoms with E-state index in [0.717, 1.165) is 22.3 Å². The molecule has 1 unspecified atom stereocenters. The number of amides is 2. The number of thiophene rings is 1. The average molecular weight is 477 g/mol. The quantitative estimate of drug-likeness (QED) is 0.471. The molecule has 1 saturated carbocycles. The van der Waals surface area contributed by atoms with Crippen LogP contribution in [-0.2, 0) is 14.3 Å². The van der Waals surface area contributed by atoms with Crippen molar-refractivity contribution in [3.8, 4) is 11.1 Å². The summed E-state index contributed by atoms with van der Waals surface area (Å²) in [4.78, 5) is 37.4. The van der Waals surface area contributed by atoms with Gasteiger partial charge in [-0.1, -0.05) is 54.6 Å². The first kappa shape index (κ1) is 22.2. The molecule has 0 radical (unpaired) electrons. The predicted molar refractivity (Wildman–Crippen MR) is 128 cm³/mol. The lowest BCUT2D eigenvalue weighted by atomic mass is 9.80. The van der Waals surface area contributed by atoms with Gasteiger partial charge in [-0.25, -0.2) is 4.79 Å². The summed E-state index contributed by atoms with van der Waals surface area (Å²) >= 11 is 1.36. The zero-order valence-corrected chi connectivity index (χ0v) is 19.1. The molecule has 3 N–H and O–H groups in total. The predicted octanol–water partition coefficient (Wildman–Crippen LogP) is 4.31. The van der Waals surface area contributed by atoms with Gasteiger partial charge in [-0.3, -0.25) is 9.59 Å². The summed E-state index contributed by atoms with van der Waals surface area (Å²) in [6.07, 6.45) is 0.110. The van der Waals surface area contributed by atoms with Gasteiger partial charge in [-0.05, 0) is 46.5 Å². The Balaban J connectivity index is 1.24. The maximum atomic E-state index is 12.9. The van der Waals surface area contributed by atoms with Gasteiger partial charge in [0.1, 0.15) is 12.6 Å². The van der Waals surface area contributed by atoms with Crippen LogP contribution in [0.1, 0.15) is 40.8 Å². The third kappa shape index (κ3) is 4.28. The van der Waals surface area contributed by atoms with Crippen LogP contribution in [0.4, 0.5) is 4.79 Å². The molecule has 0 aliphatic heterocycles. The highest BCUT2D eigenvalue weighted by molar-refractivity contribution is 7.10. The fourth-order valence-corrected chi connectivity index (χ4v) is 5.47. The smallest absolute Gasteiger partial charge is 0.408 e. The van der Waals surface area contributed by atoms with Crippen LogP contribution in [0.3, 0.4) is 0 Å². The monoisotopic (exact) mass is 476 g/mol. The molecule has 34 heavy (non-hydrogen) atoms. The van der Waals surface area contributed by atoms with Crippen molar-refractivity contribution in [1.29, 1.82) is 0 Å². The highest BCUT2D eigenvalue weighted by Crippen LogP contribution is 2.44. The summed E-state index contributed by atoms with van der Waals surface area (Å²) in [7, 11) is 0. The molecule has 1 atom stereocenters. The number of nitrogens with one attached hydrogen (secondary N) is 2. The fraction of sp³-hybridized carbons (Fsp3) is 0.269. The standard InChI is InChI=1S/C26H24N2O5S/c29-24(27-16-12-15(13-16)25(30)31)23(22-10-5-11-34-22)28-26(32)33-14-21-19-8-3-1-6-17(19)18-7-2-4-9-20(18)21/h1-11,15-16,21,23H,12-14H2,(H,27,29)(H,28,32)(H,30,31). The Morgan fingerprint density at radius 2 is 1.62 bits per heavy atom. The molecule has 7 nitrogen and oxygen atoms in total. The van der Waals surface area contributed by atoms with Crippen molar-refractivity contribution in [2.45, 2.75) is 30.8 Å². The van der Waals surface area contributed by atoms with Crippen LogP contribution in [0.15, 0.2) is 66.0 Å². The van der Waals surface area contributed by atoms with Crippen molar-refractivity contribution in [2.24, 2.45) is 5.92 Å². The van der Waals surface area contributed by atoms with Crippen LogP contribution in [0.2, 0.25) is 0 Å². The first-order valence-corrected chi connectivity index (χ1v) is 12.1. The van der Waals surface area contributed by atoms with Crippen LogP contribution < -0.4 is 10.6 Å². The Morgan fingerprint density at radius 3 is 2.21 bits per heavy atom. The van der Waals surface area contributed by atoms with E-state index in [-0.39, 0.29) is 24.5 Å². The van der Waals surface area contributed by atoms with Gasteiger partial charge in [0.15, 0.2) is 0 Å². The van der Waals surface area contributed by atoms with E-state index in [9.17, 15) is 14.4 Å². The summed E-state index contributed by atoms with van der Waals surface area (Å²) in [5.74, 6) is -1.72. The summed E-state index contributed by atoms with van der Waals surface area (Å²) < 4.78 is 5.61. The summed E-state index contributed by atoms with van der Waals surface area (Å²) in [5.41, 5.74) is 4.51. The van der Waals surface area contributed by atoms with Gasteiger partial charge in [-0.2, -0.15) is 0 Å². The topological polar surface area (TPSA) is 105 Å². The molecule has 174 valence electrons. The SMILES string of the molecule is O=C(NC(C(=O)NC1CC(C(=O)O)C1)c1cccs1)OCC1c2ccccc2-c2ccccc21. The van der Waals surface area contributed by atoms with Crippen LogP contribution in [0, 0.1) is 5.92 Å². The zero-order chi connectivity index (χ0) is 23.7. The van der Waals surface area contributed by atoms with Crippen LogP contribution >= 0.6 is 11.3 Å². The van der Waals surface area contributed by atoms with Gasteiger partial charge in [0, 0.05) is 16.8 Å². The summed E-state index contributed by atoms with van der Waals surface area (Å²) in [5, 5.41) is 16.4. The molecule has 2 aliphatic rings. The lowest BCUT2D eigenvalue weighted by molar-refractivity contribution is -0.146. The van der Waals surface area contributed by atoms with Crippen molar-refractivity contribution < 1.29 is 24.2 Å². The number of ether oxygens (including phenoxy) is 1. The van der Waals surface area contributed by atoms with Crippen LogP contribution in [-0.4, -0.2) is 35.7 Å². The first-order valence-electron chi connectivity index (χ1n) is 11.2. The number of rotatable bonds is 7. The van der Waals surface area contributed by atoms with Crippen molar-refractivity contribution in [2.75, 3.05) is 6.61 Å². The fourth-order valence-electron chi connectivity index (χ4n) is 4.70. The normalized spacial score (nSPS) is 19.3. The van der Waals surface area contributed by atoms with Gasteiger partial charge >= 0.3 is 12.1 Å². The Labute approximate surface area is 200 Å². The molecule has 0 spiro atoms. The number of benzene rings is 2. The number of hydrogen-bond donors (Lipinski definition) is 3. The Hall–Kier alpha value is -3.65. The molecule has 1 aromatic heterocycles. The Kier molecular flexibility index (Phi) is 6.06. The first-order chi connectivity index (χ1) is 16.5. The lowest BCUT2D eigenvalue weighted by Crippen LogP contribution is -2.50. The minimum Gasteiger partial charge on any atom is -0.481 e. The van der Waals surface area contributed by atoms with Gasteiger partial charge in [0.25, 0.3) is 0 Å². The number of alkyl carbamates (subject to hydrolysis) is 1. The van der Waals surface area contributed by atoms with Crippen molar-refractivity contribution in [1.82, 2.24) is 10.6 Å². The van der Waals surface area contributed by atoms with Gasteiger partial charge in [-0.15, -0.1) is 11.3 Å². The molecule has 2 aromatic carbocycles. The number of carboxylic acid groups (broad SMARTS) is 1. The van der Waals surface area contributed by atoms with Gasteiger partial charge < -0.3 is 20.5 Å². The third-order valence-corrected chi connectivity index (χ3v) is 7.47. The number of carboxylic acids is 1. The molecule has 2 aliphatic carbocycles. The number of aliphatic carboxylic acids is 1. The largest absolute Gasteiger partial charge is 0.481 e. The minimum atomic E-state index is -0.903. The van der Waals surface area contributed by atoms with Crippen molar-refractivity contribution >= 4 is 29.3 Å². The molecule has 2 amide bonds. The summed E-state index contributed by atoms with van der Waals surface area (Å²) in [6.45, 7) is 0.154. The van der Waals surface area contributed by atoms with E-state index in [1.807, 2.05) is 47.8 Å². The minimum absolute atomic E-state index is 0.0740. The van der Waals surface area contributed by atoms with E-state index < -0.39 is 24.0 Å². The Bertz CT molecular complexity index is 1170. The highest BCUT2D eigenvalue weighted by atomic mass is 32.1. The molecule has 5 rings (SSSR count). The zero-order valence-electron chi connectivity index (χ0n) is 18.3. The molecule has 1 heterocycles. The molecular weight excluding hydrogens is 452 g/mol. The number of carbonyl (C=O) groups excluding carboxylic acids is 2. The van der Waals surface area contributed by atoms with Crippen LogP contribution in [0.25, 0.3) is 11.1 Å². The number of hydrogen-bond acceptors (Lipinski definition) is 5. The maximum Gasteiger partial charge on any atom is 0.408 e. The number of fused-ring (bicyclic) bond motifs is 3. The van der Waals surface area contributed by atoms with Gasteiger partial charge in [0.2, 0.25) is 5.91 Å². The van der Waals surface area contributed by atoms with Crippen LogP contribution in [0.5, 0.6) is 0 Å². The number of carbonyl (C=O) groups is 3. The summed E-state index contributed by atoms with van der Waals surface area (Å²) in [6, 6.07) is 18.7. The van der Waals surface area contributed by atoms with E-state index in [1.165, 1.54) is 11.3 Å². The molecule has 1 fully saturated rings. The van der Waals surface area contributed by atoms with Crippen molar-refractivity contribution in [3.05, 3.63) is 82.0 Å². The molecule has 0 saturated heterocycles. The van der Waals surface area contributed by atoms with E-state index in [0.29, 0.717) is 17.7 Å². The second kappa shape index (κ2) is 9.30. The maximum absolute atomic E-state index is 12.9. The third-order valence-electron chi connectivity index (χ3n) is 6.53. The second-order valence-corrected chi connectivity index (χ2v) is 9.61. The van der Waals surface area contributed by atoms with E-state index in [1.54, 1.807) is 6.07 Å². The molecule has 3 aromatic rings. The van der Waals surface area contributed by atoms with E-state index >= 15 is 0 Å². The molecular formula is C26H24N2O5S. The molecule has 8 heteroatoms. The highest BCUT2D eigenvalue weighted by Gasteiger charge is 2.37. The average Bonchev–Trinajstić information content (AvgIpc) is 3.44.